The van der Waals surface area contributed by atoms with Gasteiger partial charge in [-0.1, -0.05) is 41.6 Å². The number of hydrogen-bond acceptors (Lipinski definition) is 6. The van der Waals surface area contributed by atoms with E-state index >= 15 is 0 Å². The Bertz CT molecular complexity index is 964. The second-order valence-electron chi connectivity index (χ2n) is 5.81. The van der Waals surface area contributed by atoms with E-state index in [-0.39, 0.29) is 18.3 Å². The van der Waals surface area contributed by atoms with E-state index < -0.39 is 0 Å². The van der Waals surface area contributed by atoms with Gasteiger partial charge in [-0.25, -0.2) is 4.98 Å². The normalized spacial score (nSPS) is 10.5. The number of H-pyrrole nitrogens is 1. The number of aromatic nitrogens is 3. The average molecular weight is 419 g/mol. The maximum Gasteiger partial charge on any atom is 0.234 e. The van der Waals surface area contributed by atoms with Crippen LogP contribution < -0.4 is 14.8 Å². The van der Waals surface area contributed by atoms with Crippen molar-refractivity contribution in [2.75, 3.05) is 18.2 Å². The van der Waals surface area contributed by atoms with E-state index in [1.54, 1.807) is 18.2 Å². The number of rotatable bonds is 8. The summed E-state index contributed by atoms with van der Waals surface area (Å²) in [5.41, 5.74) is 1.64. The predicted octanol–water partition coefficient (Wildman–Crippen LogP) is 4.08. The zero-order valence-electron chi connectivity index (χ0n) is 15.4. The number of ether oxygens (including phenoxy) is 2. The number of anilines is 1. The molecule has 0 aliphatic heterocycles. The second kappa shape index (κ2) is 9.48. The Morgan fingerprint density at radius 1 is 1.25 bits per heavy atom. The van der Waals surface area contributed by atoms with Crippen LogP contribution in [0.5, 0.6) is 11.5 Å². The molecule has 0 saturated heterocycles. The largest absolute Gasteiger partial charge is 0.495 e. The number of carbonyl (C=O) groups is 1. The van der Waals surface area contributed by atoms with Crippen molar-refractivity contribution in [3.63, 3.8) is 0 Å². The maximum atomic E-state index is 12.1. The molecule has 0 atom stereocenters. The van der Waals surface area contributed by atoms with Crippen LogP contribution in [-0.2, 0) is 11.4 Å². The molecule has 2 N–H and O–H groups in total. The van der Waals surface area contributed by atoms with E-state index in [2.05, 4.69) is 20.5 Å². The molecule has 146 valence electrons. The molecule has 1 amide bonds. The highest BCUT2D eigenvalue weighted by atomic mass is 35.5. The molecule has 0 spiro atoms. The summed E-state index contributed by atoms with van der Waals surface area (Å²) in [5.74, 6) is 1.92. The van der Waals surface area contributed by atoms with Crippen LogP contribution >= 0.6 is 23.4 Å². The van der Waals surface area contributed by atoms with Crippen molar-refractivity contribution in [1.82, 2.24) is 15.2 Å². The number of aromatic amines is 1. The number of nitrogens with one attached hydrogen (secondary N) is 2. The first-order valence-corrected chi connectivity index (χ1v) is 9.77. The summed E-state index contributed by atoms with van der Waals surface area (Å²) in [7, 11) is 1.54. The molecule has 9 heteroatoms. The summed E-state index contributed by atoms with van der Waals surface area (Å²) in [4.78, 5) is 16.4. The number of aryl methyl sites for hydroxylation is 1. The van der Waals surface area contributed by atoms with Crippen molar-refractivity contribution < 1.29 is 14.3 Å². The van der Waals surface area contributed by atoms with Crippen molar-refractivity contribution in [3.8, 4) is 11.5 Å². The summed E-state index contributed by atoms with van der Waals surface area (Å²) < 4.78 is 10.8. The number of halogens is 1. The molecule has 3 aromatic rings. The Morgan fingerprint density at radius 2 is 2.07 bits per heavy atom. The lowest BCUT2D eigenvalue weighted by Gasteiger charge is -2.07. The van der Waals surface area contributed by atoms with Gasteiger partial charge in [0.1, 0.15) is 18.1 Å². The van der Waals surface area contributed by atoms with Crippen molar-refractivity contribution >= 4 is 35.0 Å². The molecular formula is C19H19ClN4O3S. The summed E-state index contributed by atoms with van der Waals surface area (Å²) in [5, 5.41) is 10.6. The smallest absolute Gasteiger partial charge is 0.234 e. The van der Waals surface area contributed by atoms with E-state index in [1.165, 1.54) is 18.9 Å². The molecule has 0 unspecified atom stereocenters. The fraction of sp³-hybridized carbons (Fsp3) is 0.211. The molecule has 0 aliphatic rings. The topological polar surface area (TPSA) is 89.1 Å². The molecule has 7 nitrogen and oxygen atoms in total. The molecule has 0 aliphatic carbocycles. The van der Waals surface area contributed by atoms with Crippen LogP contribution in [0.3, 0.4) is 0 Å². The van der Waals surface area contributed by atoms with Gasteiger partial charge >= 0.3 is 0 Å². The first-order chi connectivity index (χ1) is 13.5. The molecule has 2 aromatic carbocycles. The van der Waals surface area contributed by atoms with Gasteiger partial charge < -0.3 is 14.8 Å². The lowest BCUT2D eigenvalue weighted by atomic mass is 10.2. The Labute approximate surface area is 171 Å². The third kappa shape index (κ3) is 5.40. The van der Waals surface area contributed by atoms with E-state index in [4.69, 9.17) is 21.1 Å². The molecule has 28 heavy (non-hydrogen) atoms. The van der Waals surface area contributed by atoms with Gasteiger partial charge in [0.2, 0.25) is 11.1 Å². The predicted molar refractivity (Wildman–Crippen MR) is 109 cm³/mol. The van der Waals surface area contributed by atoms with Crippen LogP contribution in [0.1, 0.15) is 11.4 Å². The highest BCUT2D eigenvalue weighted by Gasteiger charge is 2.10. The van der Waals surface area contributed by atoms with Gasteiger partial charge in [0.05, 0.1) is 17.9 Å². The number of carbonyl (C=O) groups excluding carboxylic acids is 1. The monoisotopic (exact) mass is 418 g/mol. The molecule has 0 saturated carbocycles. The van der Waals surface area contributed by atoms with Crippen molar-refractivity contribution in [1.29, 1.82) is 0 Å². The standard InChI is InChI=1S/C19H19ClN4O3S/c1-12-5-3-4-6-15(12)27-10-17-22-19(24-23-17)28-11-18(25)21-13-7-8-16(26-2)14(20)9-13/h3-9H,10-11H2,1-2H3,(H,21,25)(H,22,23,24). The van der Waals surface area contributed by atoms with E-state index in [0.717, 1.165) is 11.3 Å². The minimum atomic E-state index is -0.186. The number of thioether (sulfide) groups is 1. The maximum absolute atomic E-state index is 12.1. The Kier molecular flexibility index (Phi) is 6.78. The van der Waals surface area contributed by atoms with Crippen LogP contribution in [0.4, 0.5) is 5.69 Å². The summed E-state index contributed by atoms with van der Waals surface area (Å²) >= 11 is 7.28. The number of methoxy groups -OCH3 is 1. The van der Waals surface area contributed by atoms with Crippen molar-refractivity contribution in [2.45, 2.75) is 18.7 Å². The molecule has 0 radical (unpaired) electrons. The third-order valence-electron chi connectivity index (χ3n) is 3.74. The first kappa shape index (κ1) is 20.0. The minimum absolute atomic E-state index is 0.166. The molecule has 1 heterocycles. The van der Waals surface area contributed by atoms with Crippen LogP contribution in [-0.4, -0.2) is 34.0 Å². The van der Waals surface area contributed by atoms with Gasteiger partial charge in [-0.05, 0) is 36.8 Å². The zero-order valence-corrected chi connectivity index (χ0v) is 16.9. The highest BCUT2D eigenvalue weighted by Crippen LogP contribution is 2.27. The van der Waals surface area contributed by atoms with Crippen LogP contribution in [0.25, 0.3) is 0 Å². The summed E-state index contributed by atoms with van der Waals surface area (Å²) in [6, 6.07) is 12.8. The van der Waals surface area contributed by atoms with Crippen LogP contribution in [0, 0.1) is 6.92 Å². The second-order valence-corrected chi connectivity index (χ2v) is 7.15. The van der Waals surface area contributed by atoms with Crippen molar-refractivity contribution in [3.05, 3.63) is 58.9 Å². The molecular weight excluding hydrogens is 400 g/mol. The first-order valence-electron chi connectivity index (χ1n) is 8.41. The Balaban J connectivity index is 1.48. The van der Waals surface area contributed by atoms with E-state index in [9.17, 15) is 4.79 Å². The van der Waals surface area contributed by atoms with Gasteiger partial charge in [-0.15, -0.1) is 5.10 Å². The average Bonchev–Trinajstić information content (AvgIpc) is 3.14. The van der Waals surface area contributed by atoms with Gasteiger partial charge in [0.25, 0.3) is 0 Å². The minimum Gasteiger partial charge on any atom is -0.495 e. The van der Waals surface area contributed by atoms with E-state index in [0.29, 0.717) is 27.4 Å². The number of amides is 1. The number of benzene rings is 2. The zero-order chi connectivity index (χ0) is 19.9. The van der Waals surface area contributed by atoms with Crippen molar-refractivity contribution in [2.24, 2.45) is 0 Å². The number of hydrogen-bond donors (Lipinski definition) is 2. The van der Waals surface area contributed by atoms with Gasteiger partial charge in [-0.3, -0.25) is 9.89 Å². The Hall–Kier alpha value is -2.71. The lowest BCUT2D eigenvalue weighted by Crippen LogP contribution is -2.14. The molecule has 0 fully saturated rings. The lowest BCUT2D eigenvalue weighted by molar-refractivity contribution is -0.113. The van der Waals surface area contributed by atoms with Gasteiger partial charge in [0.15, 0.2) is 5.82 Å². The van der Waals surface area contributed by atoms with Crippen LogP contribution in [0.2, 0.25) is 5.02 Å². The fourth-order valence-corrected chi connectivity index (χ4v) is 3.22. The number of para-hydroxylation sites is 1. The fourth-order valence-electron chi connectivity index (χ4n) is 2.34. The molecule has 1 aromatic heterocycles. The van der Waals surface area contributed by atoms with Gasteiger partial charge in [0, 0.05) is 5.69 Å². The quantitative estimate of drug-likeness (QED) is 0.536. The molecule has 0 bridgehead atoms. The number of nitrogens with zero attached hydrogens (tertiary/aromatic N) is 2. The Morgan fingerprint density at radius 3 is 2.82 bits per heavy atom. The highest BCUT2D eigenvalue weighted by molar-refractivity contribution is 7.99. The van der Waals surface area contributed by atoms with Gasteiger partial charge in [-0.2, -0.15) is 0 Å². The van der Waals surface area contributed by atoms with Crippen LogP contribution in [0.15, 0.2) is 47.6 Å². The molecule has 3 rings (SSSR count). The third-order valence-corrected chi connectivity index (χ3v) is 4.88. The van der Waals surface area contributed by atoms with E-state index in [1.807, 2.05) is 31.2 Å². The SMILES string of the molecule is COc1ccc(NC(=O)CSc2n[nH]c(COc3ccccc3C)n2)cc1Cl. The summed E-state index contributed by atoms with van der Waals surface area (Å²) in [6.07, 6.45) is 0. The summed E-state index contributed by atoms with van der Waals surface area (Å²) in [6.45, 7) is 2.25.